The van der Waals surface area contributed by atoms with Crippen molar-refractivity contribution in [3.8, 4) is 0 Å². The van der Waals surface area contributed by atoms with Crippen LogP contribution in [0.2, 0.25) is 0 Å². The second-order valence-electron chi connectivity index (χ2n) is 8.62. The van der Waals surface area contributed by atoms with Crippen LogP contribution >= 0.6 is 0 Å². The maximum absolute atomic E-state index is 6.16. The molecule has 0 unspecified atom stereocenters. The lowest BCUT2D eigenvalue weighted by Gasteiger charge is -2.19. The molecule has 2 heteroatoms. The summed E-state index contributed by atoms with van der Waals surface area (Å²) in [6, 6.07) is 22.4. The normalized spacial score (nSPS) is 15.5. The van der Waals surface area contributed by atoms with E-state index in [9.17, 15) is 0 Å². The van der Waals surface area contributed by atoms with Gasteiger partial charge in [-0.25, -0.2) is 0 Å². The predicted molar refractivity (Wildman–Crippen MR) is 134 cm³/mol. The van der Waals surface area contributed by atoms with Crippen molar-refractivity contribution in [2.75, 3.05) is 23.7 Å². The lowest BCUT2D eigenvalue weighted by atomic mass is 9.87. The third-order valence-electron chi connectivity index (χ3n) is 6.81. The zero-order valence-corrected chi connectivity index (χ0v) is 18.3. The molecule has 0 saturated heterocycles. The van der Waals surface area contributed by atoms with Gasteiger partial charge in [0.15, 0.2) is 0 Å². The molecule has 0 atom stereocenters. The van der Waals surface area contributed by atoms with Gasteiger partial charge in [0, 0.05) is 24.5 Å². The molecule has 1 aliphatic carbocycles. The molecular formula is C29H30N2. The van der Waals surface area contributed by atoms with Crippen molar-refractivity contribution in [2.45, 2.75) is 32.6 Å². The maximum atomic E-state index is 6.16. The van der Waals surface area contributed by atoms with E-state index in [0.29, 0.717) is 0 Å². The van der Waals surface area contributed by atoms with Gasteiger partial charge in [-0.1, -0.05) is 49.1 Å². The topological polar surface area (TPSA) is 29.3 Å². The highest BCUT2D eigenvalue weighted by molar-refractivity contribution is 6.00. The number of anilines is 2. The molecule has 0 spiro atoms. The van der Waals surface area contributed by atoms with Gasteiger partial charge in [0.25, 0.3) is 0 Å². The van der Waals surface area contributed by atoms with Crippen LogP contribution in [0.25, 0.3) is 17.2 Å². The number of nitrogens with two attached hydrogens (primary N) is 1. The zero-order valence-electron chi connectivity index (χ0n) is 18.3. The van der Waals surface area contributed by atoms with E-state index in [-0.39, 0.29) is 0 Å². The molecule has 3 aromatic carbocycles. The number of hydrogen-bond donors (Lipinski definition) is 1. The number of aryl methyl sites for hydroxylation is 1. The Bertz CT molecular complexity index is 1170. The summed E-state index contributed by atoms with van der Waals surface area (Å²) in [6.07, 6.45) is 6.32. The fraction of sp³-hybridized carbons (Fsp3) is 0.241. The van der Waals surface area contributed by atoms with Crippen molar-refractivity contribution in [1.82, 2.24) is 0 Å². The average Bonchev–Trinajstić information content (AvgIpc) is 3.12. The van der Waals surface area contributed by atoms with E-state index >= 15 is 0 Å². The fourth-order valence-corrected chi connectivity index (χ4v) is 5.20. The number of hydrogen-bond acceptors (Lipinski definition) is 2. The molecule has 0 bridgehead atoms. The van der Waals surface area contributed by atoms with Crippen molar-refractivity contribution < 1.29 is 0 Å². The Morgan fingerprint density at radius 3 is 2.48 bits per heavy atom. The second kappa shape index (κ2) is 8.11. The van der Waals surface area contributed by atoms with Crippen molar-refractivity contribution >= 4 is 28.6 Å². The van der Waals surface area contributed by atoms with E-state index in [1.165, 1.54) is 44.7 Å². The smallest absolute Gasteiger partial charge is 0.0399 e. The quantitative estimate of drug-likeness (QED) is 0.495. The molecule has 0 aromatic heterocycles. The Labute approximate surface area is 185 Å². The first-order chi connectivity index (χ1) is 15.2. The summed E-state index contributed by atoms with van der Waals surface area (Å²) < 4.78 is 0. The van der Waals surface area contributed by atoms with E-state index in [1.807, 2.05) is 12.1 Å². The minimum absolute atomic E-state index is 0.848. The lowest BCUT2D eigenvalue weighted by molar-refractivity contribution is 0.860. The van der Waals surface area contributed by atoms with Gasteiger partial charge in [0.1, 0.15) is 0 Å². The fourth-order valence-electron chi connectivity index (χ4n) is 5.20. The molecule has 2 nitrogen and oxygen atoms in total. The molecule has 0 saturated carbocycles. The number of nitrogen functional groups attached to an aromatic ring is 1. The van der Waals surface area contributed by atoms with Gasteiger partial charge >= 0.3 is 0 Å². The van der Waals surface area contributed by atoms with Crippen LogP contribution in [0.4, 0.5) is 11.4 Å². The van der Waals surface area contributed by atoms with Crippen molar-refractivity contribution in [1.29, 1.82) is 0 Å². The van der Waals surface area contributed by atoms with E-state index in [2.05, 4.69) is 73.0 Å². The van der Waals surface area contributed by atoms with Crippen LogP contribution in [-0.4, -0.2) is 13.1 Å². The van der Waals surface area contributed by atoms with Gasteiger partial charge in [-0.15, -0.1) is 0 Å². The molecule has 0 radical (unpaired) electrons. The monoisotopic (exact) mass is 406 g/mol. The number of allylic oxidation sites excluding steroid dienone is 1. The number of nitrogens with zero attached hydrogens (tertiary/aromatic N) is 1. The molecule has 0 amide bonds. The second-order valence-corrected chi connectivity index (χ2v) is 8.62. The highest BCUT2D eigenvalue weighted by Gasteiger charge is 2.23. The average molecular weight is 407 g/mol. The molecule has 156 valence electrons. The van der Waals surface area contributed by atoms with Crippen molar-refractivity contribution in [3.63, 3.8) is 0 Å². The highest BCUT2D eigenvalue weighted by atomic mass is 15.1. The van der Waals surface area contributed by atoms with Gasteiger partial charge in [0.2, 0.25) is 0 Å². The van der Waals surface area contributed by atoms with Gasteiger partial charge in [0.05, 0.1) is 0 Å². The first-order valence-corrected chi connectivity index (χ1v) is 11.4. The standard InChI is InChI=1S/C29H30N2/c1-3-20-8-10-21(11-9-20)29-26(7-5-6-22-19-25(30)13-14-27(22)29)23-12-15-28-24(18-23)16-17-31(28)4-2/h3,8-15,18-19H,1,4-7,16-17,30H2,2H3. The Morgan fingerprint density at radius 2 is 1.71 bits per heavy atom. The van der Waals surface area contributed by atoms with E-state index in [1.54, 1.807) is 0 Å². The van der Waals surface area contributed by atoms with Gasteiger partial charge in [-0.3, -0.25) is 0 Å². The summed E-state index contributed by atoms with van der Waals surface area (Å²) in [4.78, 5) is 2.48. The van der Waals surface area contributed by atoms with Gasteiger partial charge < -0.3 is 10.6 Å². The Kier molecular flexibility index (Phi) is 5.15. The molecule has 0 fully saturated rings. The first-order valence-electron chi connectivity index (χ1n) is 11.4. The van der Waals surface area contributed by atoms with Crippen molar-refractivity contribution in [2.24, 2.45) is 0 Å². The molecule has 2 N–H and O–H groups in total. The van der Waals surface area contributed by atoms with Gasteiger partial charge in [-0.05, 0) is 101 Å². The molecule has 1 heterocycles. The minimum atomic E-state index is 0.848. The summed E-state index contributed by atoms with van der Waals surface area (Å²) in [5.41, 5.74) is 19.2. The van der Waals surface area contributed by atoms with E-state index < -0.39 is 0 Å². The molecule has 2 aliphatic rings. The van der Waals surface area contributed by atoms with Crippen LogP contribution in [0.15, 0.2) is 67.2 Å². The Balaban J connectivity index is 1.72. The van der Waals surface area contributed by atoms with E-state index in [0.717, 1.165) is 50.0 Å². The number of likely N-dealkylation sites (N-methyl/N-ethyl adjacent to an activating group) is 1. The summed E-state index contributed by atoms with van der Waals surface area (Å²) in [5, 5.41) is 0. The van der Waals surface area contributed by atoms with Crippen molar-refractivity contribution in [3.05, 3.63) is 101 Å². The summed E-state index contributed by atoms with van der Waals surface area (Å²) in [7, 11) is 0. The van der Waals surface area contributed by atoms with Gasteiger partial charge in [-0.2, -0.15) is 0 Å². The van der Waals surface area contributed by atoms with E-state index in [4.69, 9.17) is 5.73 Å². The van der Waals surface area contributed by atoms with Crippen LogP contribution < -0.4 is 10.6 Å². The van der Waals surface area contributed by atoms with Crippen LogP contribution in [0.1, 0.15) is 53.1 Å². The molecular weight excluding hydrogens is 376 g/mol. The third kappa shape index (κ3) is 3.57. The molecule has 3 aromatic rings. The largest absolute Gasteiger partial charge is 0.399 e. The summed E-state index contributed by atoms with van der Waals surface area (Å²) in [6.45, 7) is 8.36. The summed E-state index contributed by atoms with van der Waals surface area (Å²) >= 11 is 0. The molecule has 1 aliphatic heterocycles. The Morgan fingerprint density at radius 1 is 0.903 bits per heavy atom. The number of fused-ring (bicyclic) bond motifs is 2. The molecule has 31 heavy (non-hydrogen) atoms. The first kappa shape index (κ1) is 19.7. The lowest BCUT2D eigenvalue weighted by Crippen LogP contribution is -2.18. The third-order valence-corrected chi connectivity index (χ3v) is 6.81. The van der Waals surface area contributed by atoms with Crippen LogP contribution in [0.5, 0.6) is 0 Å². The number of benzene rings is 3. The SMILES string of the molecule is C=Cc1ccc(C2=C(c3ccc4c(c3)CCN4CC)CCCc3cc(N)ccc32)cc1. The maximum Gasteiger partial charge on any atom is 0.0399 e. The predicted octanol–water partition coefficient (Wildman–Crippen LogP) is 6.59. The molecule has 5 rings (SSSR count). The summed E-state index contributed by atoms with van der Waals surface area (Å²) in [5.74, 6) is 0. The van der Waals surface area contributed by atoms with Crippen LogP contribution in [0, 0.1) is 0 Å². The zero-order chi connectivity index (χ0) is 21.4. The van der Waals surface area contributed by atoms with Crippen LogP contribution in [-0.2, 0) is 12.8 Å². The Hall–Kier alpha value is -3.26. The number of rotatable bonds is 4. The highest BCUT2D eigenvalue weighted by Crippen LogP contribution is 2.42. The minimum Gasteiger partial charge on any atom is -0.399 e. The van der Waals surface area contributed by atoms with Crippen LogP contribution in [0.3, 0.4) is 0 Å².